The van der Waals surface area contributed by atoms with E-state index in [1.807, 2.05) is 6.07 Å². The Labute approximate surface area is 242 Å². The normalized spacial score (nSPS) is 14.0. The molecule has 10 nitrogen and oxygen atoms in total. The van der Waals surface area contributed by atoms with Crippen LogP contribution in [0.3, 0.4) is 0 Å². The summed E-state index contributed by atoms with van der Waals surface area (Å²) in [5.74, 6) is 0.0207. The second-order valence-corrected chi connectivity index (χ2v) is 10.1. The van der Waals surface area contributed by atoms with E-state index in [0.717, 1.165) is 5.56 Å². The lowest BCUT2D eigenvalue weighted by molar-refractivity contribution is -0.136. The molecule has 4 rings (SSSR count). The first-order chi connectivity index (χ1) is 19.2. The Morgan fingerprint density at radius 2 is 1.75 bits per heavy atom. The van der Waals surface area contributed by atoms with E-state index in [1.165, 1.54) is 0 Å². The van der Waals surface area contributed by atoms with Crippen LogP contribution in [0.5, 0.6) is 5.75 Å². The summed E-state index contributed by atoms with van der Waals surface area (Å²) in [6.45, 7) is 7.44. The molecule has 40 heavy (non-hydrogen) atoms. The molecule has 3 amide bonds. The van der Waals surface area contributed by atoms with Gasteiger partial charge in [-0.2, -0.15) is 5.10 Å². The van der Waals surface area contributed by atoms with Crippen LogP contribution < -0.4 is 10.1 Å². The van der Waals surface area contributed by atoms with Gasteiger partial charge in [0.2, 0.25) is 5.91 Å². The number of hydrogen-bond acceptors (Lipinski definition) is 6. The minimum absolute atomic E-state index is 0.114. The molecule has 1 unspecified atom stereocenters. The van der Waals surface area contributed by atoms with Gasteiger partial charge in [-0.1, -0.05) is 41.4 Å². The van der Waals surface area contributed by atoms with Crippen molar-refractivity contribution in [2.24, 2.45) is 0 Å². The van der Waals surface area contributed by atoms with Crippen LogP contribution in [0.2, 0.25) is 10.0 Å². The predicted molar refractivity (Wildman–Crippen MR) is 152 cm³/mol. The fourth-order valence-corrected chi connectivity index (χ4v) is 4.60. The number of carbonyl (C=O) groups excluding carboxylic acids is 3. The number of ether oxygens (including phenoxy) is 2. The molecular weight excluding hydrogens is 557 g/mol. The molecule has 3 aromatic rings. The molecule has 0 saturated carbocycles. The van der Waals surface area contributed by atoms with Crippen molar-refractivity contribution in [3.63, 3.8) is 0 Å². The first-order valence-corrected chi connectivity index (χ1v) is 13.7. The number of hydrogen-bond donors (Lipinski definition) is 1. The van der Waals surface area contributed by atoms with Gasteiger partial charge in [-0.3, -0.25) is 14.3 Å². The number of benzene rings is 2. The third-order valence-corrected chi connectivity index (χ3v) is 7.34. The Kier molecular flexibility index (Phi) is 9.54. The molecule has 1 atom stereocenters. The lowest BCUT2D eigenvalue weighted by Crippen LogP contribution is -2.52. The van der Waals surface area contributed by atoms with Gasteiger partial charge in [0, 0.05) is 37.9 Å². The summed E-state index contributed by atoms with van der Waals surface area (Å²) in [5, 5.41) is 8.08. The summed E-state index contributed by atoms with van der Waals surface area (Å²) in [4.78, 5) is 41.4. The van der Waals surface area contributed by atoms with Crippen molar-refractivity contribution in [3.05, 3.63) is 75.5 Å². The van der Waals surface area contributed by atoms with Crippen LogP contribution in [0.1, 0.15) is 41.5 Å². The van der Waals surface area contributed by atoms with Crippen LogP contribution in [0.15, 0.2) is 48.7 Å². The summed E-state index contributed by atoms with van der Waals surface area (Å²) >= 11 is 12.2. The second-order valence-electron chi connectivity index (χ2n) is 9.29. The molecule has 2 heterocycles. The Hall–Kier alpha value is -3.76. The van der Waals surface area contributed by atoms with Gasteiger partial charge in [0.05, 0.1) is 23.0 Å². The lowest BCUT2D eigenvalue weighted by atomic mass is 10.1. The number of rotatable bonds is 8. The predicted octanol–water partition coefficient (Wildman–Crippen LogP) is 5.19. The van der Waals surface area contributed by atoms with Gasteiger partial charge in [-0.25, -0.2) is 4.79 Å². The van der Waals surface area contributed by atoms with Crippen LogP contribution in [0.4, 0.5) is 10.5 Å². The highest BCUT2D eigenvalue weighted by Gasteiger charge is 2.29. The standard InChI is InChI=1S/C28H31Cl2N5O5/c1-4-39-28(38)34-13-11-33(12-14-34)27(37)19(3)35-16-23(18(2)32-35)31-26(36)21-8-5-7-20(15-21)17-40-24-10-6-9-22(29)25(24)30/h5-10,15-16,19H,4,11-14,17H2,1-3H3,(H,31,36). The molecule has 0 spiro atoms. The van der Waals surface area contributed by atoms with Gasteiger partial charge in [-0.15, -0.1) is 0 Å². The van der Waals surface area contributed by atoms with E-state index >= 15 is 0 Å². The Morgan fingerprint density at radius 3 is 2.48 bits per heavy atom. The minimum atomic E-state index is -0.586. The lowest BCUT2D eigenvalue weighted by Gasteiger charge is -2.35. The minimum Gasteiger partial charge on any atom is -0.487 e. The number of nitrogens with one attached hydrogen (secondary N) is 1. The maximum atomic E-state index is 13.1. The van der Waals surface area contributed by atoms with Crippen molar-refractivity contribution < 1.29 is 23.9 Å². The summed E-state index contributed by atoms with van der Waals surface area (Å²) in [6, 6.07) is 11.6. The summed E-state index contributed by atoms with van der Waals surface area (Å²) in [7, 11) is 0. The fourth-order valence-electron chi connectivity index (χ4n) is 4.26. The Morgan fingerprint density at radius 1 is 1.05 bits per heavy atom. The van der Waals surface area contributed by atoms with Gasteiger partial charge >= 0.3 is 6.09 Å². The van der Waals surface area contributed by atoms with Gasteiger partial charge < -0.3 is 24.6 Å². The molecule has 12 heteroatoms. The van der Waals surface area contributed by atoms with Gasteiger partial charge in [0.25, 0.3) is 5.91 Å². The number of carbonyl (C=O) groups is 3. The topological polar surface area (TPSA) is 106 Å². The number of anilines is 1. The number of piperazine rings is 1. The molecule has 1 N–H and O–H groups in total. The van der Waals surface area contributed by atoms with E-state index in [0.29, 0.717) is 65.5 Å². The van der Waals surface area contributed by atoms with Gasteiger partial charge in [0.15, 0.2) is 0 Å². The van der Waals surface area contributed by atoms with Gasteiger partial charge in [0.1, 0.15) is 23.4 Å². The monoisotopic (exact) mass is 587 g/mol. The van der Waals surface area contributed by atoms with Crippen LogP contribution >= 0.6 is 23.2 Å². The molecule has 212 valence electrons. The molecule has 1 fully saturated rings. The summed E-state index contributed by atoms with van der Waals surface area (Å²) < 4.78 is 12.4. The number of halogens is 2. The third-order valence-electron chi connectivity index (χ3n) is 6.54. The van der Waals surface area contributed by atoms with E-state index < -0.39 is 6.04 Å². The van der Waals surface area contributed by atoms with Crippen molar-refractivity contribution in [1.82, 2.24) is 19.6 Å². The largest absolute Gasteiger partial charge is 0.487 e. The van der Waals surface area contributed by atoms with Crippen molar-refractivity contribution in [3.8, 4) is 5.75 Å². The van der Waals surface area contributed by atoms with Crippen molar-refractivity contribution in [2.75, 3.05) is 38.1 Å². The molecule has 1 aromatic heterocycles. The Bertz CT molecular complexity index is 1390. The number of amides is 3. The maximum Gasteiger partial charge on any atom is 0.409 e. The van der Waals surface area contributed by atoms with Crippen LogP contribution in [-0.4, -0.2) is 70.3 Å². The maximum absolute atomic E-state index is 13.1. The number of aryl methyl sites for hydroxylation is 1. The zero-order chi connectivity index (χ0) is 28.8. The Balaban J connectivity index is 1.36. The summed E-state index contributed by atoms with van der Waals surface area (Å²) in [6.07, 6.45) is 1.29. The first kappa shape index (κ1) is 29.2. The molecule has 0 aliphatic carbocycles. The molecular formula is C28H31Cl2N5O5. The van der Waals surface area contributed by atoms with Crippen molar-refractivity contribution >= 4 is 46.8 Å². The van der Waals surface area contributed by atoms with E-state index in [2.05, 4.69) is 10.4 Å². The molecule has 1 saturated heterocycles. The van der Waals surface area contributed by atoms with Crippen molar-refractivity contribution in [1.29, 1.82) is 0 Å². The smallest absolute Gasteiger partial charge is 0.409 e. The number of nitrogens with zero attached hydrogens (tertiary/aromatic N) is 4. The average Bonchev–Trinajstić information content (AvgIpc) is 3.33. The van der Waals surface area contributed by atoms with E-state index in [1.54, 1.807) is 77.8 Å². The zero-order valence-electron chi connectivity index (χ0n) is 22.5. The van der Waals surface area contributed by atoms with Crippen LogP contribution in [0.25, 0.3) is 0 Å². The van der Waals surface area contributed by atoms with Crippen molar-refractivity contribution in [2.45, 2.75) is 33.4 Å². The molecule has 0 bridgehead atoms. The quantitative estimate of drug-likeness (QED) is 0.388. The molecule has 1 aliphatic heterocycles. The van der Waals surface area contributed by atoms with Gasteiger partial charge in [-0.05, 0) is 50.6 Å². The molecule has 1 aliphatic rings. The van der Waals surface area contributed by atoms with E-state index in [-0.39, 0.29) is 24.5 Å². The van der Waals surface area contributed by atoms with Crippen LogP contribution in [-0.2, 0) is 16.1 Å². The highest BCUT2D eigenvalue weighted by Crippen LogP contribution is 2.32. The second kappa shape index (κ2) is 13.1. The molecule has 0 radical (unpaired) electrons. The summed E-state index contributed by atoms with van der Waals surface area (Å²) in [5.41, 5.74) is 2.30. The van der Waals surface area contributed by atoms with E-state index in [9.17, 15) is 14.4 Å². The number of aromatic nitrogens is 2. The molecule has 2 aromatic carbocycles. The van der Waals surface area contributed by atoms with Crippen LogP contribution in [0, 0.1) is 6.92 Å². The first-order valence-electron chi connectivity index (χ1n) is 12.9. The average molecular weight is 588 g/mol. The fraction of sp³-hybridized carbons (Fsp3) is 0.357. The highest BCUT2D eigenvalue weighted by atomic mass is 35.5. The third kappa shape index (κ3) is 6.86. The van der Waals surface area contributed by atoms with E-state index in [4.69, 9.17) is 32.7 Å². The zero-order valence-corrected chi connectivity index (χ0v) is 24.0. The SMILES string of the molecule is CCOC(=O)N1CCN(C(=O)C(C)n2cc(NC(=O)c3cccc(COc4cccc(Cl)c4Cl)c3)c(C)n2)CC1. The highest BCUT2D eigenvalue weighted by molar-refractivity contribution is 6.42.